The quantitative estimate of drug-likeness (QED) is 0.879. The second kappa shape index (κ2) is 4.71. The Morgan fingerprint density at radius 1 is 1.41 bits per heavy atom. The monoisotopic (exact) mass is 234 g/mol. The van der Waals surface area contributed by atoms with Gasteiger partial charge in [0.25, 0.3) is 0 Å². The molecule has 0 bridgehead atoms. The van der Waals surface area contributed by atoms with Gasteiger partial charge in [0.05, 0.1) is 0 Å². The van der Waals surface area contributed by atoms with E-state index in [1.165, 1.54) is 0 Å². The van der Waals surface area contributed by atoms with Crippen LogP contribution in [-0.2, 0) is 6.54 Å². The van der Waals surface area contributed by atoms with E-state index in [-0.39, 0.29) is 12.0 Å². The first-order valence-corrected chi connectivity index (χ1v) is 5.80. The highest BCUT2D eigenvalue weighted by Crippen LogP contribution is 2.13. The molecular formula is C12H18N4O. The molecule has 0 radical (unpaired) electrons. The number of nitrogens with two attached hydrogens (primary N) is 1. The van der Waals surface area contributed by atoms with Crippen molar-refractivity contribution in [1.29, 1.82) is 0 Å². The van der Waals surface area contributed by atoms with Gasteiger partial charge in [-0.2, -0.15) is 4.98 Å². The molecule has 17 heavy (non-hydrogen) atoms. The number of hydrogen-bond acceptors (Lipinski definition) is 4. The molecule has 2 N–H and O–H groups in total. The standard InChI is InChI=1S/C12H18N4O/c1-8(2)12-14-11(17-15-12)7-16-5-4-10(6-16)9(3)13/h4-6,8-9H,7,13H2,1-3H3. The molecule has 0 aromatic carbocycles. The summed E-state index contributed by atoms with van der Waals surface area (Å²) >= 11 is 0. The summed E-state index contributed by atoms with van der Waals surface area (Å²) in [5, 5.41) is 3.93. The predicted molar refractivity (Wildman–Crippen MR) is 64.5 cm³/mol. The van der Waals surface area contributed by atoms with Crippen molar-refractivity contribution in [2.45, 2.75) is 39.3 Å². The van der Waals surface area contributed by atoms with Gasteiger partial charge in [-0.25, -0.2) is 0 Å². The van der Waals surface area contributed by atoms with Gasteiger partial charge < -0.3 is 14.8 Å². The molecule has 2 heterocycles. The van der Waals surface area contributed by atoms with Crippen molar-refractivity contribution in [2.75, 3.05) is 0 Å². The van der Waals surface area contributed by atoms with E-state index in [1.807, 2.05) is 43.8 Å². The van der Waals surface area contributed by atoms with E-state index >= 15 is 0 Å². The summed E-state index contributed by atoms with van der Waals surface area (Å²) < 4.78 is 7.18. The first kappa shape index (κ1) is 11.9. The number of nitrogens with zero attached hydrogens (tertiary/aromatic N) is 3. The highest BCUT2D eigenvalue weighted by Gasteiger charge is 2.10. The van der Waals surface area contributed by atoms with E-state index in [0.29, 0.717) is 12.4 Å². The van der Waals surface area contributed by atoms with Crippen LogP contribution < -0.4 is 5.73 Å². The minimum Gasteiger partial charge on any atom is -0.345 e. The second-order valence-corrected chi connectivity index (χ2v) is 4.61. The maximum atomic E-state index is 5.80. The summed E-state index contributed by atoms with van der Waals surface area (Å²) in [6.07, 6.45) is 3.97. The Bertz CT molecular complexity index is 440. The molecular weight excluding hydrogens is 216 g/mol. The summed E-state index contributed by atoms with van der Waals surface area (Å²) in [5.74, 6) is 1.66. The van der Waals surface area contributed by atoms with Gasteiger partial charge >= 0.3 is 0 Å². The molecule has 0 spiro atoms. The normalized spacial score (nSPS) is 13.2. The molecule has 5 nitrogen and oxygen atoms in total. The van der Waals surface area contributed by atoms with Crippen LogP contribution >= 0.6 is 0 Å². The molecule has 92 valence electrons. The van der Waals surface area contributed by atoms with Crippen LogP contribution in [0, 0.1) is 0 Å². The Morgan fingerprint density at radius 3 is 2.71 bits per heavy atom. The van der Waals surface area contributed by atoms with Gasteiger partial charge in [-0.15, -0.1) is 0 Å². The van der Waals surface area contributed by atoms with Crippen LogP contribution in [0.3, 0.4) is 0 Å². The van der Waals surface area contributed by atoms with Gasteiger partial charge in [-0.05, 0) is 18.6 Å². The van der Waals surface area contributed by atoms with E-state index in [4.69, 9.17) is 10.3 Å². The molecule has 0 aliphatic rings. The molecule has 0 saturated heterocycles. The molecule has 0 aliphatic heterocycles. The highest BCUT2D eigenvalue weighted by molar-refractivity contribution is 5.14. The van der Waals surface area contributed by atoms with Crippen molar-refractivity contribution < 1.29 is 4.52 Å². The minimum absolute atomic E-state index is 0.0464. The van der Waals surface area contributed by atoms with Crippen LogP contribution in [0.1, 0.15) is 50.0 Å². The summed E-state index contributed by atoms with van der Waals surface area (Å²) in [5.41, 5.74) is 6.90. The predicted octanol–water partition coefficient (Wildman–Crippen LogP) is 2.06. The van der Waals surface area contributed by atoms with Crippen molar-refractivity contribution in [2.24, 2.45) is 5.73 Å². The fraction of sp³-hybridized carbons (Fsp3) is 0.500. The van der Waals surface area contributed by atoms with Crippen LogP contribution in [-0.4, -0.2) is 14.7 Å². The molecule has 0 fully saturated rings. The lowest BCUT2D eigenvalue weighted by Crippen LogP contribution is -2.04. The van der Waals surface area contributed by atoms with Gasteiger partial charge in [0, 0.05) is 24.4 Å². The Kier molecular flexibility index (Phi) is 3.28. The topological polar surface area (TPSA) is 69.9 Å². The van der Waals surface area contributed by atoms with Crippen LogP contribution in [0.2, 0.25) is 0 Å². The maximum absolute atomic E-state index is 5.80. The molecule has 5 heteroatoms. The van der Waals surface area contributed by atoms with Crippen LogP contribution in [0.15, 0.2) is 23.0 Å². The smallest absolute Gasteiger partial charge is 0.246 e. The first-order chi connectivity index (χ1) is 8.06. The van der Waals surface area contributed by atoms with Crippen LogP contribution in [0.25, 0.3) is 0 Å². The first-order valence-electron chi connectivity index (χ1n) is 5.80. The third kappa shape index (κ3) is 2.74. The summed E-state index contributed by atoms with van der Waals surface area (Å²) in [4.78, 5) is 4.33. The summed E-state index contributed by atoms with van der Waals surface area (Å²) in [7, 11) is 0. The van der Waals surface area contributed by atoms with E-state index in [1.54, 1.807) is 0 Å². The third-order valence-corrected chi connectivity index (χ3v) is 2.62. The Morgan fingerprint density at radius 2 is 2.18 bits per heavy atom. The zero-order valence-corrected chi connectivity index (χ0v) is 10.4. The highest BCUT2D eigenvalue weighted by atomic mass is 16.5. The zero-order valence-electron chi connectivity index (χ0n) is 10.4. The molecule has 0 amide bonds. The Labute approximate surface area is 101 Å². The van der Waals surface area contributed by atoms with E-state index in [9.17, 15) is 0 Å². The molecule has 2 aromatic heterocycles. The van der Waals surface area contributed by atoms with Gasteiger partial charge in [0.1, 0.15) is 6.54 Å². The third-order valence-electron chi connectivity index (χ3n) is 2.62. The summed E-state index contributed by atoms with van der Waals surface area (Å²) in [6.45, 7) is 6.63. The van der Waals surface area contributed by atoms with E-state index < -0.39 is 0 Å². The van der Waals surface area contributed by atoms with E-state index in [2.05, 4.69) is 10.1 Å². The fourth-order valence-corrected chi connectivity index (χ4v) is 1.55. The van der Waals surface area contributed by atoms with E-state index in [0.717, 1.165) is 11.4 Å². The average molecular weight is 234 g/mol. The van der Waals surface area contributed by atoms with Gasteiger partial charge in [0.15, 0.2) is 5.82 Å². The maximum Gasteiger partial charge on any atom is 0.246 e. The molecule has 1 unspecified atom stereocenters. The Balaban J connectivity index is 2.08. The van der Waals surface area contributed by atoms with Gasteiger partial charge in [0.2, 0.25) is 5.89 Å². The number of aromatic nitrogens is 3. The average Bonchev–Trinajstić information content (AvgIpc) is 2.87. The number of rotatable bonds is 4. The van der Waals surface area contributed by atoms with Crippen LogP contribution in [0.5, 0.6) is 0 Å². The largest absolute Gasteiger partial charge is 0.345 e. The van der Waals surface area contributed by atoms with Crippen molar-refractivity contribution in [1.82, 2.24) is 14.7 Å². The Hall–Kier alpha value is -1.62. The van der Waals surface area contributed by atoms with Crippen molar-refractivity contribution >= 4 is 0 Å². The van der Waals surface area contributed by atoms with Gasteiger partial charge in [-0.3, -0.25) is 0 Å². The second-order valence-electron chi connectivity index (χ2n) is 4.61. The minimum atomic E-state index is 0.0464. The van der Waals surface area contributed by atoms with Crippen molar-refractivity contribution in [3.63, 3.8) is 0 Å². The molecule has 2 aromatic rings. The molecule has 0 aliphatic carbocycles. The van der Waals surface area contributed by atoms with Crippen molar-refractivity contribution in [3.05, 3.63) is 35.7 Å². The summed E-state index contributed by atoms with van der Waals surface area (Å²) in [6, 6.07) is 2.05. The lowest BCUT2D eigenvalue weighted by Gasteiger charge is -2.00. The molecule has 1 atom stereocenters. The number of hydrogen-bond donors (Lipinski definition) is 1. The SMILES string of the molecule is CC(C)c1noc(Cn2ccc(C(C)N)c2)n1. The zero-order chi connectivity index (χ0) is 12.4. The van der Waals surface area contributed by atoms with Crippen LogP contribution in [0.4, 0.5) is 0 Å². The lowest BCUT2D eigenvalue weighted by atomic mass is 10.2. The lowest BCUT2D eigenvalue weighted by molar-refractivity contribution is 0.364. The van der Waals surface area contributed by atoms with Gasteiger partial charge in [-0.1, -0.05) is 19.0 Å². The van der Waals surface area contributed by atoms with Crippen molar-refractivity contribution in [3.8, 4) is 0 Å². The fourth-order valence-electron chi connectivity index (χ4n) is 1.55. The molecule has 0 saturated carbocycles. The molecule has 2 rings (SSSR count).